The molecular formula is C17H22N4. The van der Waals surface area contributed by atoms with E-state index in [2.05, 4.69) is 65.0 Å². The lowest BCUT2D eigenvalue weighted by Gasteiger charge is -2.15. The fraction of sp³-hybridized carbons (Fsp3) is 0.353. The van der Waals surface area contributed by atoms with Gasteiger partial charge in [-0.25, -0.2) is 4.98 Å². The zero-order valence-corrected chi connectivity index (χ0v) is 12.9. The van der Waals surface area contributed by atoms with Gasteiger partial charge in [0.25, 0.3) is 0 Å². The van der Waals surface area contributed by atoms with Crippen molar-refractivity contribution in [2.75, 3.05) is 0 Å². The number of rotatable bonds is 5. The van der Waals surface area contributed by atoms with E-state index in [1.165, 1.54) is 22.2 Å². The smallest absolute Gasteiger partial charge is 0.123 e. The molecule has 0 saturated carbocycles. The molecule has 0 saturated heterocycles. The minimum atomic E-state index is 0.261. The highest BCUT2D eigenvalue weighted by Crippen LogP contribution is 2.25. The molecule has 1 unspecified atom stereocenters. The Bertz CT molecular complexity index is 686. The van der Waals surface area contributed by atoms with Crippen LogP contribution in [0.4, 0.5) is 0 Å². The second-order valence-corrected chi connectivity index (χ2v) is 5.46. The lowest BCUT2D eigenvalue weighted by Crippen LogP contribution is -2.23. The van der Waals surface area contributed by atoms with Crippen molar-refractivity contribution in [3.63, 3.8) is 0 Å². The summed E-state index contributed by atoms with van der Waals surface area (Å²) in [6, 6.07) is 8.83. The van der Waals surface area contributed by atoms with Crippen LogP contribution in [0.15, 0.2) is 36.7 Å². The zero-order valence-electron chi connectivity index (χ0n) is 12.9. The van der Waals surface area contributed by atoms with E-state index in [1.807, 2.05) is 12.4 Å². The first-order valence-electron chi connectivity index (χ1n) is 7.48. The van der Waals surface area contributed by atoms with E-state index in [4.69, 9.17) is 0 Å². The van der Waals surface area contributed by atoms with Gasteiger partial charge in [-0.15, -0.1) is 0 Å². The first-order chi connectivity index (χ1) is 10.2. The zero-order chi connectivity index (χ0) is 14.8. The van der Waals surface area contributed by atoms with Gasteiger partial charge >= 0.3 is 0 Å². The van der Waals surface area contributed by atoms with Gasteiger partial charge in [-0.1, -0.05) is 25.1 Å². The Morgan fingerprint density at radius 2 is 2.14 bits per heavy atom. The van der Waals surface area contributed by atoms with E-state index in [0.29, 0.717) is 0 Å². The van der Waals surface area contributed by atoms with E-state index in [1.54, 1.807) is 0 Å². The Kier molecular flexibility index (Phi) is 3.80. The largest absolute Gasteiger partial charge is 0.347 e. The number of nitrogens with zero attached hydrogens (tertiary/aromatic N) is 2. The fourth-order valence-electron chi connectivity index (χ4n) is 3.01. The van der Waals surface area contributed by atoms with Crippen LogP contribution in [-0.4, -0.2) is 14.5 Å². The van der Waals surface area contributed by atoms with Gasteiger partial charge in [0.05, 0.1) is 6.04 Å². The van der Waals surface area contributed by atoms with Crippen molar-refractivity contribution in [1.29, 1.82) is 0 Å². The van der Waals surface area contributed by atoms with Crippen molar-refractivity contribution in [2.45, 2.75) is 32.9 Å². The highest BCUT2D eigenvalue weighted by atomic mass is 15.0. The number of para-hydroxylation sites is 1. The number of H-pyrrole nitrogens is 1. The molecule has 21 heavy (non-hydrogen) atoms. The number of aromatic amines is 1. The summed E-state index contributed by atoms with van der Waals surface area (Å²) in [5.41, 5.74) is 3.98. The SMILES string of the molecule is CCC(NCc1c(C)c2ccccc2n1C)c1ncc[nH]1. The number of imidazole rings is 1. The van der Waals surface area contributed by atoms with E-state index < -0.39 is 0 Å². The first-order valence-corrected chi connectivity index (χ1v) is 7.48. The summed E-state index contributed by atoms with van der Waals surface area (Å²) in [5, 5.41) is 4.95. The van der Waals surface area contributed by atoms with E-state index >= 15 is 0 Å². The van der Waals surface area contributed by atoms with E-state index in [-0.39, 0.29) is 6.04 Å². The highest BCUT2D eigenvalue weighted by Gasteiger charge is 2.15. The molecule has 4 heteroatoms. The third kappa shape index (κ3) is 2.47. The number of nitrogens with one attached hydrogen (secondary N) is 2. The van der Waals surface area contributed by atoms with Gasteiger partial charge in [0.1, 0.15) is 5.82 Å². The molecule has 3 aromatic rings. The third-order valence-corrected chi connectivity index (χ3v) is 4.28. The number of aromatic nitrogens is 3. The first kappa shape index (κ1) is 13.9. The maximum atomic E-state index is 4.36. The molecule has 2 aromatic heterocycles. The van der Waals surface area contributed by atoms with Crippen molar-refractivity contribution in [1.82, 2.24) is 19.9 Å². The number of hydrogen-bond acceptors (Lipinski definition) is 2. The Labute approximate surface area is 125 Å². The summed E-state index contributed by atoms with van der Waals surface area (Å²) in [7, 11) is 2.14. The quantitative estimate of drug-likeness (QED) is 0.753. The van der Waals surface area contributed by atoms with Crippen LogP contribution in [0.5, 0.6) is 0 Å². The van der Waals surface area contributed by atoms with Gasteiger partial charge in [-0.05, 0) is 25.0 Å². The summed E-state index contributed by atoms with van der Waals surface area (Å²) in [5.74, 6) is 1.01. The maximum absolute atomic E-state index is 4.36. The van der Waals surface area contributed by atoms with Crippen molar-refractivity contribution in [2.24, 2.45) is 7.05 Å². The molecule has 0 amide bonds. The monoisotopic (exact) mass is 282 g/mol. The van der Waals surface area contributed by atoms with Crippen LogP contribution in [0.3, 0.4) is 0 Å². The topological polar surface area (TPSA) is 45.6 Å². The van der Waals surface area contributed by atoms with Crippen molar-refractivity contribution in [3.05, 3.63) is 53.7 Å². The van der Waals surface area contributed by atoms with Crippen molar-refractivity contribution < 1.29 is 0 Å². The van der Waals surface area contributed by atoms with Gasteiger partial charge < -0.3 is 14.9 Å². The average Bonchev–Trinajstić information content (AvgIpc) is 3.11. The standard InChI is InChI=1S/C17H22N4/c1-4-14(17-18-9-10-19-17)20-11-16-12(2)13-7-5-6-8-15(13)21(16)3/h5-10,14,20H,4,11H2,1-3H3,(H,18,19). The summed E-state index contributed by atoms with van der Waals surface area (Å²) in [4.78, 5) is 7.56. The molecule has 110 valence electrons. The maximum Gasteiger partial charge on any atom is 0.123 e. The average molecular weight is 282 g/mol. The van der Waals surface area contributed by atoms with Crippen LogP contribution in [0.2, 0.25) is 0 Å². The normalized spacial score (nSPS) is 12.9. The van der Waals surface area contributed by atoms with Gasteiger partial charge in [0.2, 0.25) is 0 Å². The van der Waals surface area contributed by atoms with Gasteiger partial charge in [0.15, 0.2) is 0 Å². The molecular weight excluding hydrogens is 260 g/mol. The predicted octanol–water partition coefficient (Wildman–Crippen LogP) is 3.45. The van der Waals surface area contributed by atoms with Crippen LogP contribution in [0.25, 0.3) is 10.9 Å². The molecule has 0 aliphatic heterocycles. The Morgan fingerprint density at radius 3 is 2.81 bits per heavy atom. The number of fused-ring (bicyclic) bond motifs is 1. The second kappa shape index (κ2) is 5.74. The molecule has 0 spiro atoms. The minimum absolute atomic E-state index is 0.261. The van der Waals surface area contributed by atoms with Crippen LogP contribution < -0.4 is 5.32 Å². The molecule has 0 fully saturated rings. The summed E-state index contributed by atoms with van der Waals surface area (Å²) in [6.07, 6.45) is 4.69. The van der Waals surface area contributed by atoms with Gasteiger partial charge in [0, 0.05) is 42.6 Å². The van der Waals surface area contributed by atoms with Crippen LogP contribution in [0.1, 0.15) is 36.5 Å². The second-order valence-electron chi connectivity index (χ2n) is 5.46. The molecule has 2 N–H and O–H groups in total. The number of aryl methyl sites for hydroxylation is 2. The highest BCUT2D eigenvalue weighted by molar-refractivity contribution is 5.85. The molecule has 0 aliphatic carbocycles. The lowest BCUT2D eigenvalue weighted by atomic mass is 10.1. The molecule has 0 radical (unpaired) electrons. The third-order valence-electron chi connectivity index (χ3n) is 4.28. The number of benzene rings is 1. The Hall–Kier alpha value is -2.07. The molecule has 0 bridgehead atoms. The predicted molar refractivity (Wildman–Crippen MR) is 86.1 cm³/mol. The molecule has 1 aromatic carbocycles. The number of hydrogen-bond donors (Lipinski definition) is 2. The lowest BCUT2D eigenvalue weighted by molar-refractivity contribution is 0.488. The molecule has 0 aliphatic rings. The van der Waals surface area contributed by atoms with E-state index in [0.717, 1.165) is 18.8 Å². The van der Waals surface area contributed by atoms with E-state index in [9.17, 15) is 0 Å². The molecule has 3 rings (SSSR count). The van der Waals surface area contributed by atoms with Gasteiger partial charge in [-0.3, -0.25) is 0 Å². The molecule has 2 heterocycles. The fourth-order valence-corrected chi connectivity index (χ4v) is 3.01. The van der Waals surface area contributed by atoms with Crippen LogP contribution in [-0.2, 0) is 13.6 Å². The summed E-state index contributed by atoms with van der Waals surface area (Å²) < 4.78 is 2.28. The Morgan fingerprint density at radius 1 is 1.33 bits per heavy atom. The van der Waals surface area contributed by atoms with Crippen molar-refractivity contribution >= 4 is 10.9 Å². The minimum Gasteiger partial charge on any atom is -0.347 e. The summed E-state index contributed by atoms with van der Waals surface area (Å²) in [6.45, 7) is 5.22. The van der Waals surface area contributed by atoms with Gasteiger partial charge in [-0.2, -0.15) is 0 Å². The Balaban J connectivity index is 1.85. The summed E-state index contributed by atoms with van der Waals surface area (Å²) >= 11 is 0. The molecule has 1 atom stereocenters. The van der Waals surface area contributed by atoms with Crippen LogP contribution in [0, 0.1) is 6.92 Å². The molecule has 4 nitrogen and oxygen atoms in total. The van der Waals surface area contributed by atoms with Crippen molar-refractivity contribution in [3.8, 4) is 0 Å². The van der Waals surface area contributed by atoms with Crippen LogP contribution >= 0.6 is 0 Å².